The molecule has 0 unspecified atom stereocenters. The number of aromatic nitrogens is 2. The second-order valence-electron chi connectivity index (χ2n) is 8.73. The van der Waals surface area contributed by atoms with Gasteiger partial charge < -0.3 is 5.32 Å². The van der Waals surface area contributed by atoms with Crippen molar-refractivity contribution >= 4 is 27.5 Å². The van der Waals surface area contributed by atoms with Crippen LogP contribution in [0.3, 0.4) is 0 Å². The van der Waals surface area contributed by atoms with Gasteiger partial charge >= 0.3 is 0 Å². The van der Waals surface area contributed by atoms with E-state index in [1.807, 2.05) is 11.5 Å². The number of carbonyl (C=O) groups excluding carboxylic acids is 1. The van der Waals surface area contributed by atoms with Crippen molar-refractivity contribution in [2.45, 2.75) is 70.4 Å². The third kappa shape index (κ3) is 3.39. The standard InChI is InChI=1S/C21H28N4O2S/c1-12-13(2)28-20-18(12)21(27)25(19(23-20)14-3-4-14)16-7-9-24(10-8-16)11-17(26)22-15-5-6-15/h14-16H,3-11H2,1-2H3,(H,22,26). The molecule has 7 heteroatoms. The lowest BCUT2D eigenvalue weighted by molar-refractivity contribution is -0.122. The summed E-state index contributed by atoms with van der Waals surface area (Å²) in [6.07, 6.45) is 6.34. The van der Waals surface area contributed by atoms with E-state index in [4.69, 9.17) is 4.98 Å². The quantitative estimate of drug-likeness (QED) is 0.838. The van der Waals surface area contributed by atoms with Crippen molar-refractivity contribution in [3.05, 3.63) is 26.6 Å². The van der Waals surface area contributed by atoms with Crippen molar-refractivity contribution in [3.63, 3.8) is 0 Å². The Balaban J connectivity index is 1.38. The van der Waals surface area contributed by atoms with Crippen LogP contribution in [0.1, 0.15) is 66.7 Å². The van der Waals surface area contributed by atoms with E-state index >= 15 is 0 Å². The molecule has 3 heterocycles. The summed E-state index contributed by atoms with van der Waals surface area (Å²) in [4.78, 5) is 34.8. The summed E-state index contributed by atoms with van der Waals surface area (Å²) < 4.78 is 2.03. The molecule has 2 saturated carbocycles. The number of hydrogen-bond donors (Lipinski definition) is 1. The smallest absolute Gasteiger partial charge is 0.262 e. The highest BCUT2D eigenvalue weighted by Gasteiger charge is 2.34. The molecule has 0 spiro atoms. The molecule has 0 aromatic carbocycles. The Morgan fingerprint density at radius 1 is 1.14 bits per heavy atom. The van der Waals surface area contributed by atoms with E-state index in [0.717, 1.165) is 73.2 Å². The van der Waals surface area contributed by atoms with Crippen LogP contribution in [0.4, 0.5) is 0 Å². The van der Waals surface area contributed by atoms with Crippen LogP contribution >= 0.6 is 11.3 Å². The van der Waals surface area contributed by atoms with E-state index in [9.17, 15) is 9.59 Å². The molecule has 1 saturated heterocycles. The molecule has 1 aliphatic heterocycles. The van der Waals surface area contributed by atoms with Crippen LogP contribution in [0, 0.1) is 13.8 Å². The average Bonchev–Trinajstić information content (AvgIpc) is 3.57. The number of amides is 1. The first-order chi connectivity index (χ1) is 13.5. The Labute approximate surface area is 168 Å². The van der Waals surface area contributed by atoms with Gasteiger partial charge in [-0.1, -0.05) is 0 Å². The van der Waals surface area contributed by atoms with E-state index in [1.54, 1.807) is 11.3 Å². The number of piperidine rings is 1. The van der Waals surface area contributed by atoms with Crippen molar-refractivity contribution in [1.29, 1.82) is 0 Å². The summed E-state index contributed by atoms with van der Waals surface area (Å²) in [7, 11) is 0. The number of likely N-dealkylation sites (tertiary alicyclic amines) is 1. The van der Waals surface area contributed by atoms with Gasteiger partial charge in [-0.25, -0.2) is 4.98 Å². The zero-order chi connectivity index (χ0) is 19.4. The van der Waals surface area contributed by atoms with Crippen molar-refractivity contribution in [2.24, 2.45) is 0 Å². The van der Waals surface area contributed by atoms with Gasteiger partial charge in [0.25, 0.3) is 5.56 Å². The summed E-state index contributed by atoms with van der Waals surface area (Å²) in [6, 6.07) is 0.613. The molecular weight excluding hydrogens is 372 g/mol. The van der Waals surface area contributed by atoms with Crippen LogP contribution in [0.25, 0.3) is 10.2 Å². The lowest BCUT2D eigenvalue weighted by atomic mass is 10.0. The zero-order valence-corrected chi connectivity index (χ0v) is 17.5. The highest BCUT2D eigenvalue weighted by Crippen LogP contribution is 2.41. The first kappa shape index (κ1) is 18.3. The zero-order valence-electron chi connectivity index (χ0n) is 16.7. The number of nitrogens with zero attached hydrogens (tertiary/aromatic N) is 3. The van der Waals surface area contributed by atoms with Gasteiger partial charge in [0, 0.05) is 36.0 Å². The first-order valence-corrected chi connectivity index (χ1v) is 11.4. The summed E-state index contributed by atoms with van der Waals surface area (Å²) in [6.45, 7) is 6.32. The molecule has 1 N–H and O–H groups in total. The lowest BCUT2D eigenvalue weighted by Crippen LogP contribution is -2.43. The average molecular weight is 401 g/mol. The van der Waals surface area contributed by atoms with E-state index in [-0.39, 0.29) is 17.5 Å². The number of fused-ring (bicyclic) bond motifs is 1. The van der Waals surface area contributed by atoms with Gasteiger partial charge in [0.1, 0.15) is 10.7 Å². The van der Waals surface area contributed by atoms with Gasteiger partial charge in [0.2, 0.25) is 5.91 Å². The fourth-order valence-electron chi connectivity index (χ4n) is 4.34. The molecule has 150 valence electrons. The minimum atomic E-state index is 0.143. The van der Waals surface area contributed by atoms with Crippen molar-refractivity contribution in [1.82, 2.24) is 19.8 Å². The molecule has 2 aromatic heterocycles. The van der Waals surface area contributed by atoms with Crippen LogP contribution in [-0.4, -0.2) is 46.0 Å². The third-order valence-electron chi connectivity index (χ3n) is 6.44. The normalized spacial score (nSPS) is 21.4. The predicted octanol–water partition coefficient (Wildman–Crippen LogP) is 2.87. The second kappa shape index (κ2) is 6.95. The summed E-state index contributed by atoms with van der Waals surface area (Å²) in [5.74, 6) is 1.59. The van der Waals surface area contributed by atoms with Gasteiger partial charge in [-0.3, -0.25) is 19.1 Å². The highest BCUT2D eigenvalue weighted by molar-refractivity contribution is 7.18. The molecule has 28 heavy (non-hydrogen) atoms. The summed E-state index contributed by atoms with van der Waals surface area (Å²) in [5.41, 5.74) is 1.24. The fraction of sp³-hybridized carbons (Fsp3) is 0.667. The number of aryl methyl sites for hydroxylation is 2. The molecule has 3 aliphatic rings. The number of nitrogens with one attached hydrogen (secondary N) is 1. The third-order valence-corrected chi connectivity index (χ3v) is 7.54. The van der Waals surface area contributed by atoms with Crippen LogP contribution in [0.5, 0.6) is 0 Å². The van der Waals surface area contributed by atoms with Gasteiger partial charge in [-0.05, 0) is 57.9 Å². The monoisotopic (exact) mass is 400 g/mol. The molecule has 0 radical (unpaired) electrons. The minimum absolute atomic E-state index is 0.143. The summed E-state index contributed by atoms with van der Waals surface area (Å²) >= 11 is 1.65. The number of hydrogen-bond acceptors (Lipinski definition) is 5. The predicted molar refractivity (Wildman–Crippen MR) is 111 cm³/mol. The molecule has 5 rings (SSSR count). The van der Waals surface area contributed by atoms with Crippen LogP contribution in [-0.2, 0) is 4.79 Å². The summed E-state index contributed by atoms with van der Waals surface area (Å²) in [5, 5.41) is 3.89. The Hall–Kier alpha value is -1.73. The Bertz CT molecular complexity index is 978. The first-order valence-electron chi connectivity index (χ1n) is 10.5. The molecule has 2 aromatic rings. The van der Waals surface area contributed by atoms with E-state index in [2.05, 4.69) is 17.1 Å². The highest BCUT2D eigenvalue weighted by atomic mass is 32.1. The molecule has 0 atom stereocenters. The molecule has 2 aliphatic carbocycles. The Morgan fingerprint density at radius 2 is 1.86 bits per heavy atom. The SMILES string of the molecule is Cc1sc2nc(C3CC3)n(C3CCN(CC(=O)NC4CC4)CC3)c(=O)c2c1C. The van der Waals surface area contributed by atoms with Gasteiger partial charge in [-0.2, -0.15) is 0 Å². The topological polar surface area (TPSA) is 67.2 Å². The number of thiophene rings is 1. The molecule has 0 bridgehead atoms. The van der Waals surface area contributed by atoms with Crippen LogP contribution in [0.2, 0.25) is 0 Å². The lowest BCUT2D eigenvalue weighted by Gasteiger charge is -2.33. The molecule has 6 nitrogen and oxygen atoms in total. The van der Waals surface area contributed by atoms with Crippen molar-refractivity contribution in [2.75, 3.05) is 19.6 Å². The van der Waals surface area contributed by atoms with E-state index in [1.165, 1.54) is 4.88 Å². The Morgan fingerprint density at radius 3 is 2.50 bits per heavy atom. The van der Waals surface area contributed by atoms with Crippen molar-refractivity contribution in [3.8, 4) is 0 Å². The number of carbonyl (C=O) groups is 1. The van der Waals surface area contributed by atoms with E-state index < -0.39 is 0 Å². The van der Waals surface area contributed by atoms with E-state index in [0.29, 0.717) is 18.5 Å². The second-order valence-corrected chi connectivity index (χ2v) is 9.94. The number of rotatable bonds is 5. The molecule has 3 fully saturated rings. The minimum Gasteiger partial charge on any atom is -0.352 e. The maximum atomic E-state index is 13.5. The van der Waals surface area contributed by atoms with Crippen LogP contribution in [0.15, 0.2) is 4.79 Å². The Kier molecular flexibility index (Phi) is 4.55. The molecule has 1 amide bonds. The maximum absolute atomic E-state index is 13.5. The maximum Gasteiger partial charge on any atom is 0.262 e. The van der Waals surface area contributed by atoms with Gasteiger partial charge in [-0.15, -0.1) is 11.3 Å². The molecular formula is C21H28N4O2S. The largest absolute Gasteiger partial charge is 0.352 e. The van der Waals surface area contributed by atoms with Gasteiger partial charge in [0.05, 0.1) is 11.9 Å². The van der Waals surface area contributed by atoms with Gasteiger partial charge in [0.15, 0.2) is 0 Å². The fourth-order valence-corrected chi connectivity index (χ4v) is 5.37. The van der Waals surface area contributed by atoms with Crippen molar-refractivity contribution < 1.29 is 4.79 Å². The van der Waals surface area contributed by atoms with Crippen LogP contribution < -0.4 is 10.9 Å².